The van der Waals surface area contributed by atoms with E-state index < -0.39 is 28.5 Å². The Morgan fingerprint density at radius 2 is 1.61 bits per heavy atom. The minimum Gasteiger partial charge on any atom is -0.452 e. The fourth-order valence-corrected chi connectivity index (χ4v) is 4.51. The summed E-state index contributed by atoms with van der Waals surface area (Å²) in [5.41, 5.74) is 1.41. The Morgan fingerprint density at radius 1 is 0.939 bits per heavy atom. The maximum atomic E-state index is 13.2. The van der Waals surface area contributed by atoms with Crippen molar-refractivity contribution in [3.63, 3.8) is 0 Å². The molecule has 0 heterocycles. The molecule has 1 N–H and O–H groups in total. The number of sulfonamides is 1. The van der Waals surface area contributed by atoms with Gasteiger partial charge in [-0.15, -0.1) is 6.58 Å². The molecule has 0 atom stereocenters. The molecule has 0 fully saturated rings. The van der Waals surface area contributed by atoms with Crippen molar-refractivity contribution >= 4 is 27.6 Å². The number of nitrogens with zero attached hydrogens (tertiary/aromatic N) is 1. The van der Waals surface area contributed by atoms with Crippen LogP contribution in [-0.2, 0) is 26.1 Å². The Hall–Kier alpha value is -3.91. The number of ether oxygens (including phenoxy) is 1. The Morgan fingerprint density at radius 3 is 2.27 bits per heavy atom. The summed E-state index contributed by atoms with van der Waals surface area (Å²) in [5.74, 6) is -1.26. The number of esters is 1. The smallest absolute Gasteiger partial charge is 0.338 e. The van der Waals surface area contributed by atoms with Crippen molar-refractivity contribution in [3.05, 3.63) is 109 Å². The molecule has 0 aliphatic rings. The predicted molar refractivity (Wildman–Crippen MR) is 126 cm³/mol. The molecule has 0 radical (unpaired) electrons. The van der Waals surface area contributed by atoms with Crippen LogP contribution in [0.15, 0.2) is 102 Å². The van der Waals surface area contributed by atoms with E-state index in [9.17, 15) is 18.0 Å². The van der Waals surface area contributed by atoms with E-state index in [-0.39, 0.29) is 17.0 Å². The van der Waals surface area contributed by atoms with Crippen LogP contribution < -0.4 is 9.62 Å². The third-order valence-corrected chi connectivity index (χ3v) is 6.45. The number of hydrogen-bond acceptors (Lipinski definition) is 5. The van der Waals surface area contributed by atoms with Gasteiger partial charge in [0.05, 0.1) is 22.7 Å². The van der Waals surface area contributed by atoms with Gasteiger partial charge >= 0.3 is 5.97 Å². The first kappa shape index (κ1) is 23.7. The van der Waals surface area contributed by atoms with E-state index in [0.29, 0.717) is 12.2 Å². The normalized spacial score (nSPS) is 10.8. The number of benzene rings is 3. The zero-order valence-corrected chi connectivity index (χ0v) is 18.7. The van der Waals surface area contributed by atoms with E-state index in [0.717, 1.165) is 5.56 Å². The van der Waals surface area contributed by atoms with Crippen LogP contribution >= 0.6 is 0 Å². The van der Waals surface area contributed by atoms with E-state index >= 15 is 0 Å². The lowest BCUT2D eigenvalue weighted by atomic mass is 10.2. The number of anilines is 1. The second-order valence-corrected chi connectivity index (χ2v) is 8.89. The van der Waals surface area contributed by atoms with Crippen LogP contribution in [0.1, 0.15) is 15.9 Å². The Bertz CT molecular complexity index is 1210. The molecule has 3 aromatic carbocycles. The van der Waals surface area contributed by atoms with Gasteiger partial charge in [-0.05, 0) is 35.9 Å². The van der Waals surface area contributed by atoms with Crippen LogP contribution in [0, 0.1) is 0 Å². The molecule has 0 aliphatic carbocycles. The molecule has 170 valence electrons. The molecule has 0 spiro atoms. The maximum absolute atomic E-state index is 13.2. The third kappa shape index (κ3) is 6.30. The standard InChI is InChI=1S/C25H24N2O5S/c1-2-16-27(22-13-7-4-8-14-22)33(30,31)23-15-9-12-21(17-23)25(29)32-19-24(28)26-18-20-10-5-3-6-11-20/h2-15,17H,1,16,18-19H2,(H,26,28). The monoisotopic (exact) mass is 464 g/mol. The van der Waals surface area contributed by atoms with Gasteiger partial charge in [0.15, 0.2) is 6.61 Å². The summed E-state index contributed by atoms with van der Waals surface area (Å²) in [7, 11) is -3.97. The third-order valence-electron chi connectivity index (χ3n) is 4.66. The van der Waals surface area contributed by atoms with Crippen LogP contribution in [0.3, 0.4) is 0 Å². The van der Waals surface area contributed by atoms with Crippen molar-refractivity contribution in [2.75, 3.05) is 17.5 Å². The van der Waals surface area contributed by atoms with E-state index in [1.165, 1.54) is 34.6 Å². The lowest BCUT2D eigenvalue weighted by molar-refractivity contribution is -0.124. The average Bonchev–Trinajstić information content (AvgIpc) is 2.85. The number of amides is 1. The highest BCUT2D eigenvalue weighted by atomic mass is 32.2. The largest absolute Gasteiger partial charge is 0.452 e. The van der Waals surface area contributed by atoms with Gasteiger partial charge in [-0.2, -0.15) is 0 Å². The highest BCUT2D eigenvalue weighted by Gasteiger charge is 2.25. The molecule has 0 bridgehead atoms. The van der Waals surface area contributed by atoms with Crippen molar-refractivity contribution in [1.82, 2.24) is 5.32 Å². The highest BCUT2D eigenvalue weighted by molar-refractivity contribution is 7.92. The molecule has 33 heavy (non-hydrogen) atoms. The quantitative estimate of drug-likeness (QED) is 0.366. The van der Waals surface area contributed by atoms with Gasteiger partial charge in [-0.1, -0.05) is 60.7 Å². The molecule has 3 aromatic rings. The van der Waals surface area contributed by atoms with Gasteiger partial charge in [0, 0.05) is 6.54 Å². The number of nitrogens with one attached hydrogen (secondary N) is 1. The zero-order chi connectivity index (χ0) is 23.7. The zero-order valence-electron chi connectivity index (χ0n) is 17.9. The summed E-state index contributed by atoms with van der Waals surface area (Å²) in [6.45, 7) is 3.53. The van der Waals surface area contributed by atoms with Crippen LogP contribution in [0.2, 0.25) is 0 Å². The molecule has 0 aliphatic heterocycles. The van der Waals surface area contributed by atoms with Gasteiger partial charge in [-0.25, -0.2) is 13.2 Å². The number of rotatable bonds is 10. The molecule has 0 saturated carbocycles. The average molecular weight is 465 g/mol. The van der Waals surface area contributed by atoms with Gasteiger partial charge < -0.3 is 10.1 Å². The molecule has 0 saturated heterocycles. The number of carbonyl (C=O) groups is 2. The summed E-state index contributed by atoms with van der Waals surface area (Å²) < 4.78 is 32.7. The lowest BCUT2D eigenvalue weighted by Crippen LogP contribution is -2.31. The second kappa shape index (κ2) is 11.1. The Labute approximate surface area is 193 Å². The summed E-state index contributed by atoms with van der Waals surface area (Å²) in [6, 6.07) is 23.4. The van der Waals surface area contributed by atoms with Crippen LogP contribution in [0.5, 0.6) is 0 Å². The minimum atomic E-state index is -3.97. The van der Waals surface area contributed by atoms with Crippen molar-refractivity contribution in [1.29, 1.82) is 0 Å². The van der Waals surface area contributed by atoms with E-state index in [4.69, 9.17) is 4.74 Å². The SMILES string of the molecule is C=CCN(c1ccccc1)S(=O)(=O)c1cccc(C(=O)OCC(=O)NCc2ccccc2)c1. The molecule has 0 aromatic heterocycles. The molecular weight excluding hydrogens is 440 g/mol. The van der Waals surface area contributed by atoms with E-state index in [1.807, 2.05) is 30.3 Å². The Balaban J connectivity index is 1.68. The van der Waals surface area contributed by atoms with Crippen LogP contribution in [0.25, 0.3) is 0 Å². The molecule has 7 nitrogen and oxygen atoms in total. The highest BCUT2D eigenvalue weighted by Crippen LogP contribution is 2.24. The summed E-state index contributed by atoms with van der Waals surface area (Å²) in [4.78, 5) is 24.4. The van der Waals surface area contributed by atoms with Crippen molar-refractivity contribution < 1.29 is 22.7 Å². The molecular formula is C25H24N2O5S. The first-order chi connectivity index (χ1) is 15.9. The summed E-state index contributed by atoms with van der Waals surface area (Å²) in [5, 5.41) is 2.66. The van der Waals surface area contributed by atoms with Gasteiger partial charge in [-0.3, -0.25) is 9.10 Å². The molecule has 0 unspecified atom stereocenters. The molecule has 8 heteroatoms. The predicted octanol–water partition coefficient (Wildman–Crippen LogP) is 3.54. The number of para-hydroxylation sites is 1. The lowest BCUT2D eigenvalue weighted by Gasteiger charge is -2.23. The van der Waals surface area contributed by atoms with E-state index in [2.05, 4.69) is 11.9 Å². The fraction of sp³-hybridized carbons (Fsp3) is 0.120. The van der Waals surface area contributed by atoms with Crippen molar-refractivity contribution in [2.24, 2.45) is 0 Å². The first-order valence-corrected chi connectivity index (χ1v) is 11.6. The van der Waals surface area contributed by atoms with Gasteiger partial charge in [0.2, 0.25) is 0 Å². The van der Waals surface area contributed by atoms with Crippen LogP contribution in [-0.4, -0.2) is 33.4 Å². The Kier molecular flexibility index (Phi) is 7.99. The topological polar surface area (TPSA) is 92.8 Å². The number of hydrogen-bond donors (Lipinski definition) is 1. The summed E-state index contributed by atoms with van der Waals surface area (Å²) >= 11 is 0. The van der Waals surface area contributed by atoms with E-state index in [1.54, 1.807) is 30.3 Å². The second-order valence-electron chi connectivity index (χ2n) is 7.03. The minimum absolute atomic E-state index is 0.0264. The maximum Gasteiger partial charge on any atom is 0.338 e. The van der Waals surface area contributed by atoms with Gasteiger partial charge in [0.1, 0.15) is 0 Å². The van der Waals surface area contributed by atoms with Crippen molar-refractivity contribution in [3.8, 4) is 0 Å². The van der Waals surface area contributed by atoms with Crippen LogP contribution in [0.4, 0.5) is 5.69 Å². The number of carbonyl (C=O) groups excluding carboxylic acids is 2. The van der Waals surface area contributed by atoms with Gasteiger partial charge in [0.25, 0.3) is 15.9 Å². The first-order valence-electron chi connectivity index (χ1n) is 10.2. The molecule has 1 amide bonds. The summed E-state index contributed by atoms with van der Waals surface area (Å²) in [6.07, 6.45) is 1.48. The van der Waals surface area contributed by atoms with Crippen molar-refractivity contribution in [2.45, 2.75) is 11.4 Å². The fourth-order valence-electron chi connectivity index (χ4n) is 3.03. The molecule has 3 rings (SSSR count).